The number of amides is 2. The van der Waals surface area contributed by atoms with Gasteiger partial charge in [-0.1, -0.05) is 54.6 Å². The molecule has 0 fully saturated rings. The first kappa shape index (κ1) is 28.7. The highest BCUT2D eigenvalue weighted by Gasteiger charge is 2.32. The molecule has 0 spiro atoms. The summed E-state index contributed by atoms with van der Waals surface area (Å²) in [7, 11) is -2.24. The van der Waals surface area contributed by atoms with Crippen molar-refractivity contribution in [1.82, 2.24) is 10.2 Å². The number of anilines is 1. The molecule has 0 bridgehead atoms. The number of hydrogen-bond acceptors (Lipinski definition) is 5. The molecule has 0 radical (unpaired) electrons. The van der Waals surface area contributed by atoms with E-state index in [-0.39, 0.29) is 18.9 Å². The molecule has 9 heteroatoms. The number of carbonyl (C=O) groups excluding carboxylic acids is 2. The zero-order valence-corrected chi connectivity index (χ0v) is 23.1. The van der Waals surface area contributed by atoms with Crippen molar-refractivity contribution in [2.45, 2.75) is 32.9 Å². The molecule has 0 saturated heterocycles. The van der Waals surface area contributed by atoms with Gasteiger partial charge in [0.05, 0.1) is 19.1 Å². The fourth-order valence-corrected chi connectivity index (χ4v) is 5.05. The number of carbonyl (C=O) groups is 2. The van der Waals surface area contributed by atoms with Crippen molar-refractivity contribution in [2.24, 2.45) is 0 Å². The Labute approximate surface area is 225 Å². The molecule has 0 saturated carbocycles. The fourth-order valence-electron chi connectivity index (χ4n) is 4.21. The summed E-state index contributed by atoms with van der Waals surface area (Å²) >= 11 is 0. The molecular weight excluding hydrogens is 502 g/mol. The minimum Gasteiger partial charge on any atom is -0.497 e. The first-order valence-electron chi connectivity index (χ1n) is 12.4. The number of ether oxygens (including phenoxy) is 1. The maximum Gasteiger partial charge on any atom is 0.244 e. The Morgan fingerprint density at radius 1 is 0.947 bits per heavy atom. The van der Waals surface area contributed by atoms with E-state index in [1.165, 1.54) is 4.90 Å². The van der Waals surface area contributed by atoms with Gasteiger partial charge >= 0.3 is 0 Å². The summed E-state index contributed by atoms with van der Waals surface area (Å²) in [6.07, 6.45) is 1.34. The molecule has 1 atom stereocenters. The van der Waals surface area contributed by atoms with Gasteiger partial charge in [0.25, 0.3) is 0 Å². The smallest absolute Gasteiger partial charge is 0.244 e. The van der Waals surface area contributed by atoms with E-state index in [0.717, 1.165) is 27.3 Å². The quantitative estimate of drug-likeness (QED) is 0.381. The van der Waals surface area contributed by atoms with E-state index >= 15 is 0 Å². The van der Waals surface area contributed by atoms with E-state index in [0.29, 0.717) is 18.0 Å². The predicted octanol–water partition coefficient (Wildman–Crippen LogP) is 3.55. The summed E-state index contributed by atoms with van der Waals surface area (Å²) in [4.78, 5) is 28.8. The Hall–Kier alpha value is -3.85. The van der Waals surface area contributed by atoms with Gasteiger partial charge < -0.3 is 15.0 Å². The van der Waals surface area contributed by atoms with Crippen molar-refractivity contribution in [1.29, 1.82) is 0 Å². The van der Waals surface area contributed by atoms with Gasteiger partial charge in [0, 0.05) is 19.5 Å². The van der Waals surface area contributed by atoms with Crippen LogP contribution in [0.25, 0.3) is 0 Å². The molecule has 1 unspecified atom stereocenters. The van der Waals surface area contributed by atoms with Gasteiger partial charge in [-0.15, -0.1) is 0 Å². The summed E-state index contributed by atoms with van der Waals surface area (Å²) in [6.45, 7) is 3.71. The summed E-state index contributed by atoms with van der Waals surface area (Å²) in [5, 5.41) is 2.84. The monoisotopic (exact) mass is 537 g/mol. The van der Waals surface area contributed by atoms with Crippen LogP contribution in [0.3, 0.4) is 0 Å². The van der Waals surface area contributed by atoms with Crippen LogP contribution in [0, 0.1) is 6.92 Å². The third-order valence-electron chi connectivity index (χ3n) is 6.08. The molecule has 2 amide bonds. The normalized spacial score (nSPS) is 11.9. The van der Waals surface area contributed by atoms with Gasteiger partial charge in [0.1, 0.15) is 18.3 Å². The highest BCUT2D eigenvalue weighted by atomic mass is 32.2. The number of rotatable bonds is 12. The third-order valence-corrected chi connectivity index (χ3v) is 7.22. The van der Waals surface area contributed by atoms with E-state index in [9.17, 15) is 18.0 Å². The van der Waals surface area contributed by atoms with Crippen molar-refractivity contribution in [2.75, 3.05) is 30.8 Å². The number of sulfonamides is 1. The molecule has 1 N–H and O–H groups in total. The second-order valence-electron chi connectivity index (χ2n) is 9.08. The Morgan fingerprint density at radius 2 is 1.63 bits per heavy atom. The molecule has 8 nitrogen and oxygen atoms in total. The third kappa shape index (κ3) is 7.82. The minimum absolute atomic E-state index is 0.0933. The number of hydrogen-bond donors (Lipinski definition) is 1. The van der Waals surface area contributed by atoms with E-state index in [1.807, 2.05) is 62.4 Å². The number of nitrogens with zero attached hydrogens (tertiary/aromatic N) is 2. The average Bonchev–Trinajstić information content (AvgIpc) is 2.89. The van der Waals surface area contributed by atoms with Crippen LogP contribution in [0.5, 0.6) is 5.75 Å². The molecule has 3 aromatic rings. The van der Waals surface area contributed by atoms with Gasteiger partial charge in [0.15, 0.2) is 0 Å². The SMILES string of the molecule is CCNC(=O)C(Cc1ccccc1)N(Cc1cccc(OC)c1)C(=O)CN(c1cccc(C)c1)S(C)(=O)=O. The predicted molar refractivity (Wildman–Crippen MR) is 150 cm³/mol. The lowest BCUT2D eigenvalue weighted by molar-refractivity contribution is -0.140. The molecule has 202 valence electrons. The molecule has 0 aliphatic heterocycles. The van der Waals surface area contributed by atoms with Crippen molar-refractivity contribution < 1.29 is 22.7 Å². The van der Waals surface area contributed by atoms with Gasteiger partial charge in [0.2, 0.25) is 21.8 Å². The summed E-state index contributed by atoms with van der Waals surface area (Å²) in [6, 6.07) is 22.8. The van der Waals surface area contributed by atoms with Crippen molar-refractivity contribution in [3.8, 4) is 5.75 Å². The lowest BCUT2D eigenvalue weighted by atomic mass is 10.0. The zero-order valence-electron chi connectivity index (χ0n) is 22.3. The maximum atomic E-state index is 14.0. The molecule has 0 aliphatic rings. The van der Waals surface area contributed by atoms with Crippen molar-refractivity contribution >= 4 is 27.5 Å². The maximum absolute atomic E-state index is 14.0. The number of methoxy groups -OCH3 is 1. The Morgan fingerprint density at radius 3 is 2.26 bits per heavy atom. The number of benzene rings is 3. The summed E-state index contributed by atoms with van der Waals surface area (Å²) < 4.78 is 32.0. The fraction of sp³-hybridized carbons (Fsp3) is 0.310. The second-order valence-corrected chi connectivity index (χ2v) is 11.0. The molecule has 3 rings (SSSR count). The van der Waals surface area contributed by atoms with Crippen LogP contribution in [-0.2, 0) is 32.6 Å². The van der Waals surface area contributed by atoms with E-state index < -0.39 is 28.5 Å². The van der Waals surface area contributed by atoms with Gasteiger partial charge in [-0.3, -0.25) is 13.9 Å². The molecule has 3 aromatic carbocycles. The minimum atomic E-state index is -3.80. The largest absolute Gasteiger partial charge is 0.497 e. The summed E-state index contributed by atoms with van der Waals surface area (Å²) in [5.41, 5.74) is 2.88. The number of likely N-dealkylation sites (N-methyl/N-ethyl adjacent to an activating group) is 1. The zero-order chi connectivity index (χ0) is 27.7. The summed E-state index contributed by atoms with van der Waals surface area (Å²) in [5.74, 6) is -0.189. The molecule has 38 heavy (non-hydrogen) atoms. The lowest BCUT2D eigenvalue weighted by Gasteiger charge is -2.33. The first-order valence-corrected chi connectivity index (χ1v) is 14.3. The van der Waals surface area contributed by atoms with Crippen LogP contribution in [0.4, 0.5) is 5.69 Å². The molecule has 0 aliphatic carbocycles. The van der Waals surface area contributed by atoms with Crippen LogP contribution in [0.1, 0.15) is 23.6 Å². The second kappa shape index (κ2) is 13.1. The van der Waals surface area contributed by atoms with Gasteiger partial charge in [-0.25, -0.2) is 8.42 Å². The average molecular weight is 538 g/mol. The van der Waals surface area contributed by atoms with Crippen LogP contribution < -0.4 is 14.4 Å². The topological polar surface area (TPSA) is 96.0 Å². The Kier molecular flexibility index (Phi) is 9.90. The molecule has 0 heterocycles. The van der Waals surface area contributed by atoms with Crippen molar-refractivity contribution in [3.05, 3.63) is 95.6 Å². The molecular formula is C29H35N3O5S. The number of nitrogens with one attached hydrogen (secondary N) is 1. The van der Waals surface area contributed by atoms with Gasteiger partial charge in [-0.05, 0) is 54.8 Å². The Bertz CT molecular complexity index is 1350. The first-order chi connectivity index (χ1) is 18.1. The Balaban J connectivity index is 2.05. The van der Waals surface area contributed by atoms with Gasteiger partial charge in [-0.2, -0.15) is 0 Å². The van der Waals surface area contributed by atoms with Crippen LogP contribution in [0.15, 0.2) is 78.9 Å². The highest BCUT2D eigenvalue weighted by molar-refractivity contribution is 7.92. The van der Waals surface area contributed by atoms with Crippen LogP contribution in [-0.4, -0.2) is 57.6 Å². The standard InChI is InChI=1S/C29H35N3O5S/c1-5-30-29(34)27(19-23-12-7-6-8-13-23)31(20-24-14-10-16-26(18-24)37-3)28(33)21-32(38(4,35)36)25-15-9-11-22(2)17-25/h6-18,27H,5,19-21H2,1-4H3,(H,30,34). The van der Waals surface area contributed by atoms with Crippen molar-refractivity contribution in [3.63, 3.8) is 0 Å². The van der Waals surface area contributed by atoms with E-state index in [4.69, 9.17) is 4.74 Å². The number of aryl methyl sites for hydroxylation is 1. The lowest BCUT2D eigenvalue weighted by Crippen LogP contribution is -2.53. The van der Waals surface area contributed by atoms with Crippen LogP contribution in [0.2, 0.25) is 0 Å². The van der Waals surface area contributed by atoms with E-state index in [1.54, 1.807) is 37.4 Å². The van der Waals surface area contributed by atoms with E-state index in [2.05, 4.69) is 5.32 Å². The van der Waals surface area contributed by atoms with Crippen LogP contribution >= 0.6 is 0 Å². The molecule has 0 aromatic heterocycles. The highest BCUT2D eigenvalue weighted by Crippen LogP contribution is 2.22.